The van der Waals surface area contributed by atoms with E-state index in [1.165, 1.54) is 0 Å². The van der Waals surface area contributed by atoms with Gasteiger partial charge < -0.3 is 0 Å². The van der Waals surface area contributed by atoms with Crippen LogP contribution in [0.25, 0.3) is 0 Å². The molecule has 0 aromatic rings. The second-order valence-corrected chi connectivity index (χ2v) is 1.97. The van der Waals surface area contributed by atoms with Crippen molar-refractivity contribution < 1.29 is 17.6 Å². The Morgan fingerprint density at radius 3 is 1.12 bits per heavy atom. The first-order valence-corrected chi connectivity index (χ1v) is 2.16. The first-order valence-electron chi connectivity index (χ1n) is 2.16. The summed E-state index contributed by atoms with van der Waals surface area (Å²) in [6.45, 7) is 0.833. The fourth-order valence-electron chi connectivity index (χ4n) is 0.493. The Hall–Kier alpha value is -0.280. The summed E-state index contributed by atoms with van der Waals surface area (Å²) in [6.07, 6.45) is 0. The zero-order valence-corrected chi connectivity index (χ0v) is 4.09. The van der Waals surface area contributed by atoms with Crippen LogP contribution >= 0.6 is 0 Å². The second-order valence-electron chi connectivity index (χ2n) is 1.97. The predicted molar refractivity (Wildman–Crippen MR) is 19.1 cm³/mol. The van der Waals surface area contributed by atoms with Gasteiger partial charge in [-0.15, -0.1) is 0 Å². The van der Waals surface area contributed by atoms with Crippen molar-refractivity contribution in [1.82, 2.24) is 0 Å². The van der Waals surface area contributed by atoms with Crippen LogP contribution in [0.15, 0.2) is 0 Å². The molecule has 0 nitrogen and oxygen atoms in total. The number of hydrogen-bond acceptors (Lipinski definition) is 0. The molecule has 0 aromatic carbocycles. The molecule has 0 spiro atoms. The first kappa shape index (κ1) is 5.85. The molecule has 1 fully saturated rings. The summed E-state index contributed by atoms with van der Waals surface area (Å²) < 4.78 is 46.2. The van der Waals surface area contributed by atoms with Gasteiger partial charge in [-0.05, 0) is 0 Å². The van der Waals surface area contributed by atoms with Crippen molar-refractivity contribution in [3.63, 3.8) is 0 Å². The maximum Gasteiger partial charge on any atom is 0.319 e. The molecule has 0 aliphatic heterocycles. The zero-order valence-electron chi connectivity index (χ0n) is 4.09. The summed E-state index contributed by atoms with van der Waals surface area (Å²) in [5.74, 6) is -9.21. The third kappa shape index (κ3) is 0.364. The van der Waals surface area contributed by atoms with Crippen molar-refractivity contribution in [3.05, 3.63) is 0 Å². The lowest BCUT2D eigenvalue weighted by Crippen LogP contribution is -2.02. The van der Waals surface area contributed by atoms with Crippen LogP contribution in [0.4, 0.5) is 17.6 Å². The maximum absolute atomic E-state index is 11.6. The molecule has 0 amide bonds. The minimum Gasteiger partial charge on any atom is -0.199 e. The predicted octanol–water partition coefficient (Wildman–Crippen LogP) is 1.91. The van der Waals surface area contributed by atoms with E-state index >= 15 is 0 Å². The van der Waals surface area contributed by atoms with Gasteiger partial charge in [-0.1, -0.05) is 6.92 Å². The Morgan fingerprint density at radius 1 is 1.00 bits per heavy atom. The molecule has 0 unspecified atom stereocenters. The summed E-state index contributed by atoms with van der Waals surface area (Å²) in [5, 5.41) is 0. The monoisotopic (exact) mass is 128 g/mol. The Labute approximate surface area is 43.5 Å². The van der Waals surface area contributed by atoms with E-state index in [-0.39, 0.29) is 0 Å². The number of hydrogen-bond donors (Lipinski definition) is 0. The number of halogens is 4. The summed E-state index contributed by atoms with van der Waals surface area (Å²) in [5.41, 5.74) is 0. The van der Waals surface area contributed by atoms with Crippen molar-refractivity contribution >= 4 is 0 Å². The largest absolute Gasteiger partial charge is 0.319 e. The van der Waals surface area contributed by atoms with Gasteiger partial charge in [0.2, 0.25) is 0 Å². The quantitative estimate of drug-likeness (QED) is 0.437. The minimum atomic E-state index is -3.73. The molecule has 1 aliphatic rings. The van der Waals surface area contributed by atoms with Crippen molar-refractivity contribution in [2.24, 2.45) is 5.92 Å². The fourth-order valence-corrected chi connectivity index (χ4v) is 0.493. The second kappa shape index (κ2) is 1.01. The summed E-state index contributed by atoms with van der Waals surface area (Å²) in [7, 11) is 0. The molecule has 0 N–H and O–H groups in total. The molecule has 1 aliphatic carbocycles. The van der Waals surface area contributed by atoms with Gasteiger partial charge in [0, 0.05) is 0 Å². The van der Waals surface area contributed by atoms with Crippen LogP contribution in [-0.4, -0.2) is 11.8 Å². The zero-order chi connectivity index (χ0) is 6.58. The van der Waals surface area contributed by atoms with E-state index < -0.39 is 17.8 Å². The first-order chi connectivity index (χ1) is 3.40. The van der Waals surface area contributed by atoms with E-state index in [4.69, 9.17) is 0 Å². The SMILES string of the molecule is CC1C(F)(F)C1(F)F. The molecule has 0 atom stereocenters. The minimum absolute atomic E-state index is 0.833. The summed E-state index contributed by atoms with van der Waals surface area (Å²) in [4.78, 5) is 0. The Bertz CT molecular complexity index is 103. The topological polar surface area (TPSA) is 0 Å². The van der Waals surface area contributed by atoms with E-state index in [0.717, 1.165) is 6.92 Å². The number of rotatable bonds is 0. The summed E-state index contributed by atoms with van der Waals surface area (Å²) in [6, 6.07) is 0. The summed E-state index contributed by atoms with van der Waals surface area (Å²) >= 11 is 0. The smallest absolute Gasteiger partial charge is 0.199 e. The van der Waals surface area contributed by atoms with Crippen LogP contribution < -0.4 is 0 Å². The average Bonchev–Trinajstić information content (AvgIpc) is 1.88. The normalized spacial score (nSPS) is 32.6. The van der Waals surface area contributed by atoms with E-state index in [1.807, 2.05) is 0 Å². The van der Waals surface area contributed by atoms with Crippen LogP contribution in [-0.2, 0) is 0 Å². The molecule has 1 rings (SSSR count). The molecule has 0 heterocycles. The highest BCUT2D eigenvalue weighted by Gasteiger charge is 2.82. The van der Waals surface area contributed by atoms with Gasteiger partial charge >= 0.3 is 11.8 Å². The lowest BCUT2D eigenvalue weighted by molar-refractivity contribution is -0.0278. The van der Waals surface area contributed by atoms with E-state index in [2.05, 4.69) is 0 Å². The van der Waals surface area contributed by atoms with Gasteiger partial charge in [-0.25, -0.2) is 0 Å². The van der Waals surface area contributed by atoms with Crippen LogP contribution in [0.2, 0.25) is 0 Å². The van der Waals surface area contributed by atoms with E-state index in [0.29, 0.717) is 0 Å². The van der Waals surface area contributed by atoms with Gasteiger partial charge in [-0.3, -0.25) is 0 Å². The Balaban J connectivity index is 2.72. The fraction of sp³-hybridized carbons (Fsp3) is 1.00. The standard InChI is InChI=1S/C4H4F4/c1-2-3(5,6)4(2,7)8/h2H,1H3. The molecule has 0 bridgehead atoms. The van der Waals surface area contributed by atoms with Crippen LogP contribution in [0.1, 0.15) is 6.92 Å². The van der Waals surface area contributed by atoms with Crippen molar-refractivity contribution in [1.29, 1.82) is 0 Å². The highest BCUT2D eigenvalue weighted by molar-refractivity contribution is 5.11. The van der Waals surface area contributed by atoms with Gasteiger partial charge in [-0.2, -0.15) is 17.6 Å². The van der Waals surface area contributed by atoms with Crippen molar-refractivity contribution in [2.45, 2.75) is 18.8 Å². The third-order valence-corrected chi connectivity index (χ3v) is 1.45. The molecule has 4 heteroatoms. The molecule has 0 radical (unpaired) electrons. The van der Waals surface area contributed by atoms with Crippen molar-refractivity contribution in [3.8, 4) is 0 Å². The molecule has 8 heavy (non-hydrogen) atoms. The van der Waals surface area contributed by atoms with Gasteiger partial charge in [0.25, 0.3) is 0 Å². The number of alkyl halides is 4. The van der Waals surface area contributed by atoms with E-state index in [1.54, 1.807) is 0 Å². The van der Waals surface area contributed by atoms with E-state index in [9.17, 15) is 17.6 Å². The third-order valence-electron chi connectivity index (χ3n) is 1.45. The van der Waals surface area contributed by atoms with Crippen LogP contribution in [0, 0.1) is 5.92 Å². The Kier molecular flexibility index (Phi) is 0.742. The van der Waals surface area contributed by atoms with Gasteiger partial charge in [0.15, 0.2) is 0 Å². The Morgan fingerprint density at radius 2 is 1.12 bits per heavy atom. The lowest BCUT2D eigenvalue weighted by Gasteiger charge is -1.87. The highest BCUT2D eigenvalue weighted by atomic mass is 19.3. The van der Waals surface area contributed by atoms with Crippen LogP contribution in [0.5, 0.6) is 0 Å². The van der Waals surface area contributed by atoms with Gasteiger partial charge in [0.1, 0.15) is 0 Å². The lowest BCUT2D eigenvalue weighted by atomic mass is 10.5. The van der Waals surface area contributed by atoms with Gasteiger partial charge in [0.05, 0.1) is 5.92 Å². The molecular weight excluding hydrogens is 124 g/mol. The molecule has 0 aromatic heterocycles. The average molecular weight is 128 g/mol. The molecular formula is C4H4F4. The highest BCUT2D eigenvalue weighted by Crippen LogP contribution is 2.62. The molecule has 1 saturated carbocycles. The maximum atomic E-state index is 11.6. The van der Waals surface area contributed by atoms with Crippen LogP contribution in [0.3, 0.4) is 0 Å². The molecule has 48 valence electrons. The molecule has 0 saturated heterocycles. The van der Waals surface area contributed by atoms with Crippen molar-refractivity contribution in [2.75, 3.05) is 0 Å².